The average Bonchev–Trinajstić information content (AvgIpc) is 2.04. The maximum atomic E-state index is 10.7. The van der Waals surface area contributed by atoms with E-state index in [1.54, 1.807) is 0 Å². The van der Waals surface area contributed by atoms with E-state index in [2.05, 4.69) is 5.32 Å². The second kappa shape index (κ2) is 3.53. The molecule has 0 saturated carbocycles. The molecule has 1 amide bonds. The molecule has 0 aromatic rings. The van der Waals surface area contributed by atoms with E-state index in [0.717, 1.165) is 0 Å². The number of rotatable bonds is 2. The van der Waals surface area contributed by atoms with Crippen LogP contribution < -0.4 is 11.1 Å². The number of nitrogens with two attached hydrogens (primary N) is 1. The number of amides is 1. The molecule has 1 fully saturated rings. The highest BCUT2D eigenvalue weighted by Gasteiger charge is 2.29. The van der Waals surface area contributed by atoms with Gasteiger partial charge in [-0.1, -0.05) is 0 Å². The third-order valence-corrected chi connectivity index (χ3v) is 2.10. The van der Waals surface area contributed by atoms with Crippen LogP contribution in [-0.2, 0) is 9.59 Å². The summed E-state index contributed by atoms with van der Waals surface area (Å²) in [6.07, 6.45) is 0.879. The van der Waals surface area contributed by atoms with E-state index in [1.807, 2.05) is 0 Å². The third kappa shape index (κ3) is 1.94. The topological polar surface area (TPSA) is 92.4 Å². The van der Waals surface area contributed by atoms with Crippen LogP contribution in [0.2, 0.25) is 0 Å². The Morgan fingerprint density at radius 2 is 2.17 bits per heavy atom. The van der Waals surface area contributed by atoms with Crippen LogP contribution in [0.25, 0.3) is 0 Å². The van der Waals surface area contributed by atoms with Crippen molar-refractivity contribution in [2.75, 3.05) is 6.54 Å². The summed E-state index contributed by atoms with van der Waals surface area (Å²) >= 11 is 0. The van der Waals surface area contributed by atoms with Crippen LogP contribution in [0, 0.1) is 5.92 Å². The lowest BCUT2D eigenvalue weighted by atomic mass is 9.92. The average molecular weight is 172 g/mol. The van der Waals surface area contributed by atoms with Gasteiger partial charge in [0.2, 0.25) is 5.91 Å². The van der Waals surface area contributed by atoms with Crippen LogP contribution in [0.5, 0.6) is 0 Å². The van der Waals surface area contributed by atoms with Gasteiger partial charge in [0.15, 0.2) is 0 Å². The molecule has 1 saturated heterocycles. The van der Waals surface area contributed by atoms with Crippen LogP contribution >= 0.6 is 0 Å². The minimum atomic E-state index is -0.845. The SMILES string of the molecule is NC(=O)[C@@H]1C[C@H](C(=O)O)CCN1. The Morgan fingerprint density at radius 1 is 1.50 bits per heavy atom. The fraction of sp³-hybridized carbons (Fsp3) is 0.714. The lowest BCUT2D eigenvalue weighted by molar-refractivity contribution is -0.143. The van der Waals surface area contributed by atoms with Gasteiger partial charge >= 0.3 is 5.97 Å². The summed E-state index contributed by atoms with van der Waals surface area (Å²) in [5.41, 5.74) is 5.04. The molecule has 1 heterocycles. The van der Waals surface area contributed by atoms with Gasteiger partial charge in [-0.05, 0) is 19.4 Å². The van der Waals surface area contributed by atoms with Crippen molar-refractivity contribution in [3.63, 3.8) is 0 Å². The number of hydrogen-bond acceptors (Lipinski definition) is 3. The Labute approximate surface area is 69.9 Å². The number of carbonyl (C=O) groups is 2. The second-order valence-corrected chi connectivity index (χ2v) is 2.97. The summed E-state index contributed by atoms with van der Waals surface area (Å²) in [4.78, 5) is 21.2. The number of piperidine rings is 1. The van der Waals surface area contributed by atoms with Gasteiger partial charge in [0.25, 0.3) is 0 Å². The van der Waals surface area contributed by atoms with E-state index in [-0.39, 0.29) is 0 Å². The summed E-state index contributed by atoms with van der Waals surface area (Å²) in [6.45, 7) is 0.546. The highest BCUT2D eigenvalue weighted by Crippen LogP contribution is 2.15. The number of carboxylic acids is 1. The number of carboxylic acid groups (broad SMARTS) is 1. The largest absolute Gasteiger partial charge is 0.481 e. The van der Waals surface area contributed by atoms with E-state index < -0.39 is 23.8 Å². The molecule has 0 radical (unpaired) electrons. The molecule has 0 spiro atoms. The summed E-state index contributed by atoms with van der Waals surface area (Å²) in [5.74, 6) is -1.74. The van der Waals surface area contributed by atoms with Crippen LogP contribution in [0.3, 0.4) is 0 Å². The van der Waals surface area contributed by atoms with Crippen LogP contribution in [0.4, 0.5) is 0 Å². The van der Waals surface area contributed by atoms with Crippen molar-refractivity contribution in [2.24, 2.45) is 11.7 Å². The molecule has 4 N–H and O–H groups in total. The number of carbonyl (C=O) groups excluding carboxylic acids is 1. The maximum absolute atomic E-state index is 10.7. The Balaban J connectivity index is 2.51. The normalized spacial score (nSPS) is 29.7. The number of primary amides is 1. The third-order valence-electron chi connectivity index (χ3n) is 2.10. The molecule has 1 rings (SSSR count). The fourth-order valence-electron chi connectivity index (χ4n) is 1.36. The minimum Gasteiger partial charge on any atom is -0.481 e. The zero-order valence-electron chi connectivity index (χ0n) is 6.62. The highest BCUT2D eigenvalue weighted by molar-refractivity contribution is 5.81. The van der Waals surface area contributed by atoms with Gasteiger partial charge in [-0.25, -0.2) is 0 Å². The van der Waals surface area contributed by atoms with Gasteiger partial charge in [0.1, 0.15) is 0 Å². The molecular weight excluding hydrogens is 160 g/mol. The summed E-state index contributed by atoms with van der Waals surface area (Å²) in [7, 11) is 0. The highest BCUT2D eigenvalue weighted by atomic mass is 16.4. The Hall–Kier alpha value is -1.10. The number of aliphatic carboxylic acids is 1. The van der Waals surface area contributed by atoms with E-state index in [9.17, 15) is 9.59 Å². The first kappa shape index (κ1) is 8.99. The van der Waals surface area contributed by atoms with Crippen molar-refractivity contribution in [3.8, 4) is 0 Å². The van der Waals surface area contributed by atoms with Crippen LogP contribution in [0.15, 0.2) is 0 Å². The van der Waals surface area contributed by atoms with Gasteiger partial charge in [0.05, 0.1) is 12.0 Å². The van der Waals surface area contributed by atoms with E-state index >= 15 is 0 Å². The van der Waals surface area contributed by atoms with Crippen molar-refractivity contribution in [2.45, 2.75) is 18.9 Å². The van der Waals surface area contributed by atoms with E-state index in [0.29, 0.717) is 19.4 Å². The standard InChI is InChI=1S/C7H12N2O3/c8-6(10)5-3-4(7(11)12)1-2-9-5/h4-5,9H,1-3H2,(H2,8,10)(H,11,12)/t4-,5+/m1/s1. The lowest BCUT2D eigenvalue weighted by Gasteiger charge is -2.25. The van der Waals surface area contributed by atoms with Crippen molar-refractivity contribution in [3.05, 3.63) is 0 Å². The fourth-order valence-corrected chi connectivity index (χ4v) is 1.36. The van der Waals surface area contributed by atoms with Crippen molar-refractivity contribution in [1.82, 2.24) is 5.32 Å². The Morgan fingerprint density at radius 3 is 2.67 bits per heavy atom. The van der Waals surface area contributed by atoms with Crippen molar-refractivity contribution >= 4 is 11.9 Å². The van der Waals surface area contributed by atoms with Crippen molar-refractivity contribution in [1.29, 1.82) is 0 Å². The number of hydrogen-bond donors (Lipinski definition) is 3. The predicted octanol–water partition coefficient (Wildman–Crippen LogP) is -1.08. The molecule has 0 aromatic heterocycles. The van der Waals surface area contributed by atoms with Crippen molar-refractivity contribution < 1.29 is 14.7 Å². The van der Waals surface area contributed by atoms with Crippen LogP contribution in [0.1, 0.15) is 12.8 Å². The molecule has 1 aliphatic heterocycles. The van der Waals surface area contributed by atoms with E-state index in [1.165, 1.54) is 0 Å². The monoisotopic (exact) mass is 172 g/mol. The minimum absolute atomic E-state index is 0.310. The first-order chi connectivity index (χ1) is 5.61. The predicted molar refractivity (Wildman–Crippen MR) is 41.3 cm³/mol. The Kier molecular flexibility index (Phi) is 2.65. The van der Waals surface area contributed by atoms with Gasteiger partial charge in [0, 0.05) is 0 Å². The second-order valence-electron chi connectivity index (χ2n) is 2.97. The molecule has 5 nitrogen and oxygen atoms in total. The molecule has 12 heavy (non-hydrogen) atoms. The van der Waals surface area contributed by atoms with Gasteiger partial charge < -0.3 is 16.2 Å². The smallest absolute Gasteiger partial charge is 0.306 e. The Bertz CT molecular complexity index is 185. The molecule has 5 heteroatoms. The van der Waals surface area contributed by atoms with E-state index in [4.69, 9.17) is 10.8 Å². The lowest BCUT2D eigenvalue weighted by Crippen LogP contribution is -2.48. The molecule has 0 bridgehead atoms. The maximum Gasteiger partial charge on any atom is 0.306 e. The van der Waals surface area contributed by atoms with Gasteiger partial charge in [-0.3, -0.25) is 9.59 Å². The zero-order chi connectivity index (χ0) is 9.14. The molecular formula is C7H12N2O3. The summed E-state index contributed by atoms with van der Waals surface area (Å²) < 4.78 is 0. The van der Waals surface area contributed by atoms with Gasteiger partial charge in [-0.2, -0.15) is 0 Å². The summed E-state index contributed by atoms with van der Waals surface area (Å²) in [5, 5.41) is 11.5. The first-order valence-electron chi connectivity index (χ1n) is 3.86. The zero-order valence-corrected chi connectivity index (χ0v) is 6.62. The quantitative estimate of drug-likeness (QED) is 0.494. The van der Waals surface area contributed by atoms with Gasteiger partial charge in [-0.15, -0.1) is 0 Å². The first-order valence-corrected chi connectivity index (χ1v) is 3.86. The summed E-state index contributed by atoms with van der Waals surface area (Å²) in [6, 6.07) is -0.472. The molecule has 0 aromatic carbocycles. The van der Waals surface area contributed by atoms with Crippen LogP contribution in [-0.4, -0.2) is 29.6 Å². The molecule has 0 unspecified atom stereocenters. The molecule has 2 atom stereocenters. The molecule has 0 aliphatic carbocycles. The number of nitrogens with one attached hydrogen (secondary N) is 1. The molecule has 68 valence electrons. The molecule has 1 aliphatic rings.